The van der Waals surface area contributed by atoms with E-state index in [0.717, 1.165) is 33.6 Å². The number of amides is 1. The Morgan fingerprint density at radius 1 is 1.00 bits per heavy atom. The monoisotopic (exact) mass is 774 g/mol. The molecular formula is C42H43ClN6O5Si. The molecule has 0 bridgehead atoms. The van der Waals surface area contributed by atoms with E-state index in [9.17, 15) is 9.90 Å². The number of aliphatic hydroxyl groups excluding tert-OH is 1. The van der Waals surface area contributed by atoms with Crippen LogP contribution in [0.5, 0.6) is 5.75 Å². The number of hydrogen-bond acceptors (Lipinski definition) is 8. The van der Waals surface area contributed by atoms with Gasteiger partial charge in [0, 0.05) is 47.7 Å². The molecule has 0 radical (unpaired) electrons. The van der Waals surface area contributed by atoms with Crippen molar-refractivity contribution < 1.29 is 19.4 Å². The lowest BCUT2D eigenvalue weighted by molar-refractivity contribution is -0.146. The van der Waals surface area contributed by atoms with Crippen LogP contribution >= 0.6 is 11.6 Å². The minimum Gasteiger partial charge on any atom is -0.497 e. The maximum atomic E-state index is 15.3. The van der Waals surface area contributed by atoms with Gasteiger partial charge in [0.05, 0.1) is 56.5 Å². The summed E-state index contributed by atoms with van der Waals surface area (Å²) in [5.74, 6) is 0.433. The number of aromatic nitrogens is 5. The number of halogens is 1. The first kappa shape index (κ1) is 36.8. The Hall–Kier alpha value is -5.14. The molecule has 1 amide bonds. The number of anilines is 1. The minimum absolute atomic E-state index is 0.00208. The molecule has 2 aliphatic heterocycles. The van der Waals surface area contributed by atoms with Gasteiger partial charge in [-0.25, -0.2) is 0 Å². The molecule has 4 atom stereocenters. The number of carbonyl (C=O) groups excluding carboxylic acids is 1. The SMILES string of the molecule is COc1ccc([Si](C)(C)[C@H]2[C@H](CCn3cc(CCO)nn3)O[C@@]3(C(=O)N(Cc4cccc(-n5ncc6ccccc6c5=O)c4)c4ccc(Cl)cc43)[C@@H]2C)cc1. The van der Waals surface area contributed by atoms with Crippen molar-refractivity contribution in [3.05, 3.63) is 136 Å². The van der Waals surface area contributed by atoms with E-state index in [1.165, 1.54) is 9.87 Å². The maximum Gasteiger partial charge on any atom is 0.279 e. The third-order valence-electron chi connectivity index (χ3n) is 11.6. The average molecular weight is 775 g/mol. The van der Waals surface area contributed by atoms with Crippen LogP contribution in [0.1, 0.15) is 30.2 Å². The molecule has 2 aromatic heterocycles. The molecule has 1 saturated heterocycles. The predicted molar refractivity (Wildman–Crippen MR) is 215 cm³/mol. The van der Waals surface area contributed by atoms with Crippen molar-refractivity contribution >= 4 is 47.2 Å². The van der Waals surface area contributed by atoms with Gasteiger partial charge in [0.2, 0.25) is 0 Å². The minimum atomic E-state index is -2.38. The molecule has 0 saturated carbocycles. The molecule has 1 spiro atoms. The van der Waals surface area contributed by atoms with Crippen LogP contribution in [-0.4, -0.2) is 63.7 Å². The Morgan fingerprint density at radius 2 is 1.80 bits per heavy atom. The third-order valence-corrected chi connectivity index (χ3v) is 16.2. The van der Waals surface area contributed by atoms with Gasteiger partial charge in [-0.2, -0.15) is 9.78 Å². The zero-order valence-electron chi connectivity index (χ0n) is 31.2. The number of ether oxygens (including phenoxy) is 2. The van der Waals surface area contributed by atoms with Gasteiger partial charge in [0.15, 0.2) is 5.60 Å². The second-order valence-corrected chi connectivity index (χ2v) is 20.2. The summed E-state index contributed by atoms with van der Waals surface area (Å²) in [6, 6.07) is 28.9. The van der Waals surface area contributed by atoms with Gasteiger partial charge in [-0.3, -0.25) is 14.3 Å². The number of carbonyl (C=O) groups is 1. The quantitative estimate of drug-likeness (QED) is 0.159. The molecule has 6 aromatic rings. The number of nitrogens with zero attached hydrogens (tertiary/aromatic N) is 6. The molecule has 2 aliphatic rings. The van der Waals surface area contributed by atoms with Crippen LogP contribution in [0, 0.1) is 5.92 Å². The Bertz CT molecular complexity index is 2450. The fourth-order valence-electron chi connectivity index (χ4n) is 8.89. The highest BCUT2D eigenvalue weighted by Gasteiger charge is 2.66. The second-order valence-electron chi connectivity index (χ2n) is 15.1. The molecule has 8 rings (SSSR count). The van der Waals surface area contributed by atoms with Crippen molar-refractivity contribution in [2.24, 2.45) is 5.92 Å². The molecule has 55 heavy (non-hydrogen) atoms. The van der Waals surface area contributed by atoms with Crippen molar-refractivity contribution in [1.29, 1.82) is 0 Å². The normalized spacial score (nSPS) is 20.8. The van der Waals surface area contributed by atoms with Gasteiger partial charge in [-0.05, 0) is 66.1 Å². The van der Waals surface area contributed by atoms with Crippen molar-refractivity contribution in [2.45, 2.75) is 63.2 Å². The summed E-state index contributed by atoms with van der Waals surface area (Å²) in [4.78, 5) is 30.6. The highest BCUT2D eigenvalue weighted by Crippen LogP contribution is 2.60. The van der Waals surface area contributed by atoms with Crippen LogP contribution in [0.25, 0.3) is 16.5 Å². The molecule has 0 unspecified atom stereocenters. The zero-order valence-corrected chi connectivity index (χ0v) is 33.0. The second kappa shape index (κ2) is 14.5. The van der Waals surface area contributed by atoms with Crippen molar-refractivity contribution in [1.82, 2.24) is 24.8 Å². The van der Waals surface area contributed by atoms with Gasteiger partial charge in [-0.15, -0.1) is 5.10 Å². The third kappa shape index (κ3) is 6.36. The first-order valence-electron chi connectivity index (χ1n) is 18.6. The smallest absolute Gasteiger partial charge is 0.279 e. The number of methoxy groups -OCH3 is 1. The maximum absolute atomic E-state index is 15.3. The highest BCUT2D eigenvalue weighted by atomic mass is 35.5. The van der Waals surface area contributed by atoms with E-state index in [4.69, 9.17) is 21.1 Å². The number of hydrogen-bond donors (Lipinski definition) is 1. The van der Waals surface area contributed by atoms with E-state index in [1.54, 1.807) is 29.0 Å². The Balaban J connectivity index is 1.17. The van der Waals surface area contributed by atoms with Crippen LogP contribution in [-0.2, 0) is 34.6 Å². The van der Waals surface area contributed by atoms with Gasteiger partial charge in [0.1, 0.15) is 5.75 Å². The lowest BCUT2D eigenvalue weighted by atomic mass is 9.82. The Morgan fingerprint density at radius 3 is 2.58 bits per heavy atom. The average Bonchev–Trinajstić information content (AvgIpc) is 3.84. The number of benzene rings is 4. The molecular weight excluding hydrogens is 732 g/mol. The lowest BCUT2D eigenvalue weighted by Gasteiger charge is -2.37. The van der Waals surface area contributed by atoms with E-state index in [1.807, 2.05) is 79.0 Å². The van der Waals surface area contributed by atoms with Crippen molar-refractivity contribution in [3.8, 4) is 11.4 Å². The first-order chi connectivity index (χ1) is 26.5. The summed E-state index contributed by atoms with van der Waals surface area (Å²) in [5.41, 5.74) is 2.20. The van der Waals surface area contributed by atoms with E-state index >= 15 is 4.79 Å². The van der Waals surface area contributed by atoms with E-state index in [0.29, 0.717) is 35.5 Å². The fraction of sp³-hybridized carbons (Fsp3) is 0.310. The molecule has 282 valence electrons. The van der Waals surface area contributed by atoms with Gasteiger partial charge >= 0.3 is 0 Å². The summed E-state index contributed by atoms with van der Waals surface area (Å²) in [7, 11) is -0.716. The molecule has 4 heterocycles. The van der Waals surface area contributed by atoms with Crippen LogP contribution in [0.15, 0.2) is 108 Å². The summed E-state index contributed by atoms with van der Waals surface area (Å²) < 4.78 is 16.0. The van der Waals surface area contributed by atoms with Gasteiger partial charge in [0.25, 0.3) is 11.5 Å². The van der Waals surface area contributed by atoms with Gasteiger partial charge in [-0.1, -0.05) is 84.5 Å². The molecule has 11 nitrogen and oxygen atoms in total. The van der Waals surface area contributed by atoms with Crippen LogP contribution in [0.2, 0.25) is 23.7 Å². The summed E-state index contributed by atoms with van der Waals surface area (Å²) in [5, 5.41) is 25.6. The van der Waals surface area contributed by atoms with Gasteiger partial charge < -0.3 is 19.5 Å². The fourth-order valence-corrected chi connectivity index (χ4v) is 13.1. The largest absolute Gasteiger partial charge is 0.497 e. The summed E-state index contributed by atoms with van der Waals surface area (Å²) in [6.45, 7) is 7.64. The molecule has 1 fully saturated rings. The van der Waals surface area contributed by atoms with Crippen LogP contribution in [0.3, 0.4) is 0 Å². The van der Waals surface area contributed by atoms with Crippen LogP contribution < -0.4 is 20.4 Å². The summed E-state index contributed by atoms with van der Waals surface area (Å²) in [6.07, 6.45) is 4.29. The molecule has 0 aliphatic carbocycles. The van der Waals surface area contributed by atoms with Crippen molar-refractivity contribution in [3.63, 3.8) is 0 Å². The topological polar surface area (TPSA) is 125 Å². The first-order valence-corrected chi connectivity index (χ1v) is 22.0. The predicted octanol–water partition coefficient (Wildman–Crippen LogP) is 6.03. The standard InChI is InChI=1S/C42H43ClN6O5Si/c1-27-39(55(3,4)34-15-13-33(53-2)14-16-34)38(18-20-47-26-31(19-21-50)45-46-47)54-42(27)36-23-30(43)12-17-37(36)48(41(42)52)25-28-8-7-10-32(22-28)49-40(51)35-11-6-5-9-29(35)24-44-49/h5-17,22-24,26-27,38-39,50H,18-21,25H2,1-4H3/t27-,38+,39-,42+/m1/s1. The Labute approximate surface area is 325 Å². The summed E-state index contributed by atoms with van der Waals surface area (Å²) >= 11 is 6.73. The molecule has 1 N–H and O–H groups in total. The molecule has 4 aromatic carbocycles. The lowest BCUT2D eigenvalue weighted by Crippen LogP contribution is -2.51. The van der Waals surface area contributed by atoms with E-state index < -0.39 is 13.7 Å². The number of aliphatic hydroxyl groups is 1. The zero-order chi connectivity index (χ0) is 38.5. The van der Waals surface area contributed by atoms with E-state index in [-0.39, 0.29) is 42.2 Å². The number of rotatable bonds is 11. The van der Waals surface area contributed by atoms with E-state index in [2.05, 4.69) is 47.6 Å². The van der Waals surface area contributed by atoms with Crippen molar-refractivity contribution in [2.75, 3.05) is 18.6 Å². The highest BCUT2D eigenvalue weighted by molar-refractivity contribution is 6.91. The molecule has 13 heteroatoms. The number of fused-ring (bicyclic) bond motifs is 3. The number of aryl methyl sites for hydroxylation is 1. The Kier molecular flexibility index (Phi) is 9.70. The van der Waals surface area contributed by atoms with Crippen LogP contribution in [0.4, 0.5) is 5.69 Å².